The van der Waals surface area contributed by atoms with Gasteiger partial charge in [0.25, 0.3) is 0 Å². The Morgan fingerprint density at radius 1 is 0.576 bits per heavy atom. The van der Waals surface area contributed by atoms with Crippen LogP contribution in [-0.4, -0.2) is 59.4 Å². The average Bonchev–Trinajstić information content (AvgIpc) is 3.29. The SMILES string of the molecule is CCN1CCN(Cc2c(C)cc(C)cc2C)/C1=C1\N(C)CCN1Cc1c(C)cc(C)cc1C. The Hall–Kier alpha value is -2.62. The van der Waals surface area contributed by atoms with E-state index in [0.717, 1.165) is 45.8 Å². The molecule has 0 N–H and O–H groups in total. The van der Waals surface area contributed by atoms with Crippen molar-refractivity contribution < 1.29 is 0 Å². The maximum absolute atomic E-state index is 2.63. The van der Waals surface area contributed by atoms with Crippen LogP contribution in [0.15, 0.2) is 35.9 Å². The third-order valence-corrected chi connectivity index (χ3v) is 7.57. The van der Waals surface area contributed by atoms with E-state index in [1.54, 1.807) is 0 Å². The molecule has 0 atom stereocenters. The molecule has 2 aliphatic heterocycles. The highest BCUT2D eigenvalue weighted by Crippen LogP contribution is 2.33. The van der Waals surface area contributed by atoms with Gasteiger partial charge in [0.1, 0.15) is 11.6 Å². The van der Waals surface area contributed by atoms with Crippen molar-refractivity contribution in [3.63, 3.8) is 0 Å². The maximum Gasteiger partial charge on any atom is 0.146 e. The summed E-state index contributed by atoms with van der Waals surface area (Å²) < 4.78 is 0. The Kier molecular flexibility index (Phi) is 6.65. The van der Waals surface area contributed by atoms with E-state index >= 15 is 0 Å². The topological polar surface area (TPSA) is 13.0 Å². The molecule has 33 heavy (non-hydrogen) atoms. The zero-order valence-corrected chi connectivity index (χ0v) is 22.0. The maximum atomic E-state index is 2.63. The van der Waals surface area contributed by atoms with E-state index in [2.05, 4.69) is 99.4 Å². The number of rotatable bonds is 5. The van der Waals surface area contributed by atoms with Gasteiger partial charge in [0, 0.05) is 52.9 Å². The summed E-state index contributed by atoms with van der Waals surface area (Å²) in [6, 6.07) is 9.33. The fraction of sp³-hybridized carbons (Fsp3) is 0.517. The van der Waals surface area contributed by atoms with Gasteiger partial charge < -0.3 is 19.6 Å². The molecule has 2 aromatic carbocycles. The predicted octanol–water partition coefficient (Wildman–Crippen LogP) is 5.25. The molecule has 2 fully saturated rings. The molecule has 0 saturated carbocycles. The summed E-state index contributed by atoms with van der Waals surface area (Å²) in [6.45, 7) is 23.1. The molecule has 4 nitrogen and oxygen atoms in total. The minimum atomic E-state index is 0.981. The molecule has 178 valence electrons. The van der Waals surface area contributed by atoms with Crippen LogP contribution in [0.1, 0.15) is 51.4 Å². The van der Waals surface area contributed by atoms with Gasteiger partial charge in [-0.1, -0.05) is 35.4 Å². The summed E-state index contributed by atoms with van der Waals surface area (Å²) in [7, 11) is 2.27. The summed E-state index contributed by atoms with van der Waals surface area (Å²) in [6.07, 6.45) is 0. The fourth-order valence-corrected chi connectivity index (χ4v) is 5.89. The van der Waals surface area contributed by atoms with Gasteiger partial charge in [0.05, 0.1) is 0 Å². The molecule has 4 rings (SSSR count). The lowest BCUT2D eigenvalue weighted by Gasteiger charge is -2.33. The number of benzene rings is 2. The van der Waals surface area contributed by atoms with Gasteiger partial charge in [-0.3, -0.25) is 0 Å². The Bertz CT molecular complexity index is 1020. The predicted molar refractivity (Wildman–Crippen MR) is 139 cm³/mol. The van der Waals surface area contributed by atoms with Crippen LogP contribution >= 0.6 is 0 Å². The van der Waals surface area contributed by atoms with E-state index in [4.69, 9.17) is 0 Å². The van der Waals surface area contributed by atoms with Gasteiger partial charge in [-0.05, 0) is 81.8 Å². The smallest absolute Gasteiger partial charge is 0.146 e. The lowest BCUT2D eigenvalue weighted by atomic mass is 9.99. The van der Waals surface area contributed by atoms with Crippen LogP contribution in [0, 0.1) is 41.5 Å². The van der Waals surface area contributed by atoms with Gasteiger partial charge in [-0.15, -0.1) is 0 Å². The first-order chi connectivity index (χ1) is 15.7. The Labute approximate surface area is 201 Å². The van der Waals surface area contributed by atoms with Crippen molar-refractivity contribution in [2.24, 2.45) is 0 Å². The second kappa shape index (κ2) is 9.32. The third-order valence-electron chi connectivity index (χ3n) is 7.57. The van der Waals surface area contributed by atoms with Crippen LogP contribution in [0.4, 0.5) is 0 Å². The fourth-order valence-electron chi connectivity index (χ4n) is 5.89. The monoisotopic (exact) mass is 446 g/mol. The van der Waals surface area contributed by atoms with Crippen LogP contribution < -0.4 is 0 Å². The molecular formula is C29H42N4. The Morgan fingerprint density at radius 3 is 1.42 bits per heavy atom. The van der Waals surface area contributed by atoms with E-state index in [0.29, 0.717) is 0 Å². The molecule has 0 bridgehead atoms. The number of nitrogens with zero attached hydrogens (tertiary/aromatic N) is 4. The molecular weight excluding hydrogens is 404 g/mol. The van der Waals surface area contributed by atoms with Crippen molar-refractivity contribution in [1.82, 2.24) is 19.6 Å². The van der Waals surface area contributed by atoms with Crippen molar-refractivity contribution in [3.05, 3.63) is 80.4 Å². The van der Waals surface area contributed by atoms with Crippen molar-refractivity contribution in [1.29, 1.82) is 0 Å². The largest absolute Gasteiger partial charge is 0.357 e. The summed E-state index contributed by atoms with van der Waals surface area (Å²) in [5.41, 5.74) is 11.3. The highest BCUT2D eigenvalue weighted by atomic mass is 15.5. The van der Waals surface area contributed by atoms with E-state index in [9.17, 15) is 0 Å². The van der Waals surface area contributed by atoms with Gasteiger partial charge in [0.15, 0.2) is 0 Å². The Balaban J connectivity index is 1.72. The van der Waals surface area contributed by atoms with Gasteiger partial charge in [0.2, 0.25) is 0 Å². The first-order valence-electron chi connectivity index (χ1n) is 12.5. The zero-order chi connectivity index (χ0) is 23.9. The van der Waals surface area contributed by atoms with Crippen LogP contribution in [0.5, 0.6) is 0 Å². The van der Waals surface area contributed by atoms with Crippen molar-refractivity contribution in [2.45, 2.75) is 61.6 Å². The summed E-state index contributed by atoms with van der Waals surface area (Å²) in [4.78, 5) is 10.3. The zero-order valence-electron chi connectivity index (χ0n) is 22.0. The second-order valence-corrected chi connectivity index (χ2v) is 10.2. The molecule has 0 unspecified atom stereocenters. The van der Waals surface area contributed by atoms with E-state index < -0.39 is 0 Å². The average molecular weight is 447 g/mol. The van der Waals surface area contributed by atoms with Crippen molar-refractivity contribution in [2.75, 3.05) is 39.8 Å². The van der Waals surface area contributed by atoms with E-state index in [1.807, 2.05) is 0 Å². The van der Waals surface area contributed by atoms with Gasteiger partial charge in [-0.2, -0.15) is 0 Å². The highest BCUT2D eigenvalue weighted by molar-refractivity contribution is 5.39. The van der Waals surface area contributed by atoms with Gasteiger partial charge in [-0.25, -0.2) is 0 Å². The Morgan fingerprint density at radius 2 is 0.970 bits per heavy atom. The number of likely N-dealkylation sites (N-methyl/N-ethyl adjacent to an activating group) is 2. The molecule has 2 aliphatic rings. The summed E-state index contributed by atoms with van der Waals surface area (Å²) >= 11 is 0. The molecule has 0 spiro atoms. The first kappa shape index (κ1) is 23.5. The molecule has 2 saturated heterocycles. The molecule has 2 aromatic rings. The normalized spacial score (nSPS) is 18.8. The standard InChI is InChI=1S/C29H42N4/c1-9-31-12-13-33(19-27-24(6)16-21(3)17-25(27)7)29(31)28-30(8)10-11-32(28)18-26-22(4)14-20(2)15-23(26)5/h14-17H,9-13,18-19H2,1-8H3/b29-28+. The minimum absolute atomic E-state index is 0.981. The minimum Gasteiger partial charge on any atom is -0.357 e. The van der Waals surface area contributed by atoms with E-state index in [-0.39, 0.29) is 0 Å². The molecule has 0 aliphatic carbocycles. The van der Waals surface area contributed by atoms with Crippen LogP contribution in [-0.2, 0) is 13.1 Å². The molecule has 0 amide bonds. The quantitative estimate of drug-likeness (QED) is 0.622. The molecule has 4 heteroatoms. The number of hydrogen-bond donors (Lipinski definition) is 0. The third kappa shape index (κ3) is 4.58. The number of hydrogen-bond acceptors (Lipinski definition) is 4. The van der Waals surface area contributed by atoms with E-state index in [1.165, 1.54) is 56.1 Å². The number of aryl methyl sites for hydroxylation is 6. The first-order valence-corrected chi connectivity index (χ1v) is 12.5. The van der Waals surface area contributed by atoms with Crippen LogP contribution in [0.3, 0.4) is 0 Å². The van der Waals surface area contributed by atoms with Crippen LogP contribution in [0.25, 0.3) is 0 Å². The summed E-state index contributed by atoms with van der Waals surface area (Å²) in [5, 5.41) is 0. The van der Waals surface area contributed by atoms with Crippen molar-refractivity contribution >= 4 is 0 Å². The summed E-state index contributed by atoms with van der Waals surface area (Å²) in [5.74, 6) is 2.82. The second-order valence-electron chi connectivity index (χ2n) is 10.2. The van der Waals surface area contributed by atoms with Crippen molar-refractivity contribution in [3.8, 4) is 0 Å². The highest BCUT2D eigenvalue weighted by Gasteiger charge is 2.35. The lowest BCUT2D eigenvalue weighted by Crippen LogP contribution is -2.33. The molecule has 0 radical (unpaired) electrons. The van der Waals surface area contributed by atoms with Gasteiger partial charge >= 0.3 is 0 Å². The lowest BCUT2D eigenvalue weighted by molar-refractivity contribution is 0.266. The van der Waals surface area contributed by atoms with Crippen LogP contribution in [0.2, 0.25) is 0 Å². The molecule has 0 aromatic heterocycles. The molecule has 2 heterocycles.